The van der Waals surface area contributed by atoms with Crippen LogP contribution in [0.4, 0.5) is 0 Å². The summed E-state index contributed by atoms with van der Waals surface area (Å²) in [7, 11) is -0.632. The number of hydrogen-bond acceptors (Lipinski definition) is 6. The molecule has 0 bridgehead atoms. The molecule has 0 aliphatic carbocycles. The van der Waals surface area contributed by atoms with Crippen LogP contribution in [0.3, 0.4) is 0 Å². The summed E-state index contributed by atoms with van der Waals surface area (Å²) in [5.74, 6) is -0.154. The van der Waals surface area contributed by atoms with Crippen molar-refractivity contribution in [2.75, 3.05) is 13.7 Å². The van der Waals surface area contributed by atoms with Crippen molar-refractivity contribution in [1.29, 1.82) is 0 Å². The van der Waals surface area contributed by atoms with E-state index in [-0.39, 0.29) is 31.3 Å². The van der Waals surface area contributed by atoms with Gasteiger partial charge in [-0.1, -0.05) is 0 Å². The quantitative estimate of drug-likeness (QED) is 0.761. The third-order valence-electron chi connectivity index (χ3n) is 3.58. The van der Waals surface area contributed by atoms with E-state index in [0.717, 1.165) is 0 Å². The Morgan fingerprint density at radius 3 is 2.59 bits per heavy atom. The SMILES string of the molecule is CO[C@H]1O[C@@H]2COB(C)O[C@H]2[C@H](O[Si](C)(C)C)[C@H]1NC(C)=O. The summed E-state index contributed by atoms with van der Waals surface area (Å²) in [4.78, 5) is 11.6. The fraction of sp³-hybridized carbons (Fsp3) is 0.923. The van der Waals surface area contributed by atoms with Gasteiger partial charge in [0.15, 0.2) is 14.6 Å². The molecule has 22 heavy (non-hydrogen) atoms. The van der Waals surface area contributed by atoms with Gasteiger partial charge in [-0.25, -0.2) is 0 Å². The summed E-state index contributed by atoms with van der Waals surface area (Å²) < 4.78 is 29.0. The highest BCUT2D eigenvalue weighted by Crippen LogP contribution is 2.31. The lowest BCUT2D eigenvalue weighted by Gasteiger charge is -2.50. The molecule has 2 aliphatic rings. The Morgan fingerprint density at radius 2 is 2.05 bits per heavy atom. The number of hydrogen-bond donors (Lipinski definition) is 1. The summed E-state index contributed by atoms with van der Waals surface area (Å²) in [6, 6.07) is -0.416. The second-order valence-corrected chi connectivity index (χ2v) is 11.2. The fourth-order valence-corrected chi connectivity index (χ4v) is 3.93. The lowest BCUT2D eigenvalue weighted by molar-refractivity contribution is -0.265. The van der Waals surface area contributed by atoms with Crippen LogP contribution in [0.25, 0.3) is 0 Å². The van der Waals surface area contributed by atoms with Gasteiger partial charge in [0.1, 0.15) is 12.1 Å². The van der Waals surface area contributed by atoms with Crippen molar-refractivity contribution in [3.63, 3.8) is 0 Å². The summed E-state index contributed by atoms with van der Waals surface area (Å²) in [6.07, 6.45) is -1.48. The van der Waals surface area contributed by atoms with Gasteiger partial charge in [-0.15, -0.1) is 0 Å². The molecule has 2 saturated heterocycles. The Balaban J connectivity index is 2.27. The van der Waals surface area contributed by atoms with Crippen LogP contribution in [0.15, 0.2) is 0 Å². The first-order valence-electron chi connectivity index (χ1n) is 7.61. The van der Waals surface area contributed by atoms with Crippen LogP contribution < -0.4 is 5.32 Å². The van der Waals surface area contributed by atoms with Crippen LogP contribution in [0, 0.1) is 0 Å². The molecule has 0 saturated carbocycles. The van der Waals surface area contributed by atoms with E-state index in [1.165, 1.54) is 6.92 Å². The molecular formula is C13H26BNO6Si. The second kappa shape index (κ2) is 6.98. The van der Waals surface area contributed by atoms with Crippen LogP contribution in [-0.2, 0) is 28.0 Å². The van der Waals surface area contributed by atoms with Crippen molar-refractivity contribution >= 4 is 21.3 Å². The zero-order valence-electron chi connectivity index (χ0n) is 14.1. The lowest BCUT2D eigenvalue weighted by atomic mass is 9.87. The van der Waals surface area contributed by atoms with Crippen molar-refractivity contribution in [3.8, 4) is 0 Å². The van der Waals surface area contributed by atoms with E-state index >= 15 is 0 Å². The summed E-state index contributed by atoms with van der Waals surface area (Å²) in [5, 5.41) is 2.89. The Hall–Kier alpha value is -0.448. The van der Waals surface area contributed by atoms with Crippen LogP contribution in [-0.4, -0.2) is 65.7 Å². The predicted octanol–water partition coefficient (Wildman–Crippen LogP) is 0.616. The zero-order valence-corrected chi connectivity index (χ0v) is 15.1. The molecule has 2 aliphatic heterocycles. The molecule has 0 aromatic carbocycles. The number of methoxy groups -OCH3 is 1. The molecule has 7 nitrogen and oxygen atoms in total. The van der Waals surface area contributed by atoms with E-state index in [0.29, 0.717) is 6.61 Å². The van der Waals surface area contributed by atoms with Crippen LogP contribution in [0.2, 0.25) is 26.5 Å². The molecule has 2 heterocycles. The average molecular weight is 331 g/mol. The topological polar surface area (TPSA) is 75.2 Å². The molecule has 2 fully saturated rings. The maximum Gasteiger partial charge on any atom is 0.453 e. The molecule has 2 rings (SSSR count). The molecule has 0 unspecified atom stereocenters. The Kier molecular flexibility index (Phi) is 5.68. The Morgan fingerprint density at radius 1 is 1.36 bits per heavy atom. The van der Waals surface area contributed by atoms with Gasteiger partial charge < -0.3 is 28.5 Å². The van der Waals surface area contributed by atoms with E-state index < -0.39 is 20.6 Å². The molecule has 0 spiro atoms. The summed E-state index contributed by atoms with van der Waals surface area (Å²) >= 11 is 0. The van der Waals surface area contributed by atoms with Gasteiger partial charge in [-0.3, -0.25) is 4.79 Å². The standard InChI is InChI=1S/C13H26BNO6Si/c1-8(16)15-10-12(21-22(4,5)6)11-9(19-13(10)17-3)7-18-14(2)20-11/h9-13H,7H2,1-6H3,(H,15,16)/t9-,10-,11-,12-,13+/m1/s1. The van der Waals surface area contributed by atoms with Crippen LogP contribution in [0.5, 0.6) is 0 Å². The fourth-order valence-electron chi connectivity index (χ4n) is 2.83. The largest absolute Gasteiger partial charge is 0.453 e. The van der Waals surface area contributed by atoms with Gasteiger partial charge in [0.05, 0.1) is 18.8 Å². The number of nitrogens with one attached hydrogen (secondary N) is 1. The summed E-state index contributed by atoms with van der Waals surface area (Å²) in [5.41, 5.74) is 0. The minimum absolute atomic E-state index is 0.154. The minimum atomic E-state index is -1.86. The van der Waals surface area contributed by atoms with Crippen LogP contribution in [0.1, 0.15) is 6.92 Å². The number of amides is 1. The van der Waals surface area contributed by atoms with E-state index in [4.69, 9.17) is 23.2 Å². The van der Waals surface area contributed by atoms with E-state index in [2.05, 4.69) is 25.0 Å². The van der Waals surface area contributed by atoms with Crippen molar-refractivity contribution in [1.82, 2.24) is 5.32 Å². The molecular weight excluding hydrogens is 305 g/mol. The predicted molar refractivity (Wildman–Crippen MR) is 83.9 cm³/mol. The number of rotatable bonds is 4. The molecule has 1 N–H and O–H groups in total. The van der Waals surface area contributed by atoms with Gasteiger partial charge >= 0.3 is 7.12 Å². The Labute approximate surface area is 133 Å². The van der Waals surface area contributed by atoms with Gasteiger partial charge in [-0.05, 0) is 26.5 Å². The maximum atomic E-state index is 11.6. The molecule has 0 aromatic rings. The molecule has 0 aromatic heterocycles. The molecule has 9 heteroatoms. The molecule has 0 radical (unpaired) electrons. The summed E-state index contributed by atoms with van der Waals surface area (Å²) in [6.45, 7) is 10.0. The highest BCUT2D eigenvalue weighted by Gasteiger charge is 2.51. The smallest absolute Gasteiger partial charge is 0.410 e. The highest BCUT2D eigenvalue weighted by molar-refractivity contribution is 6.69. The third-order valence-corrected chi connectivity index (χ3v) is 4.56. The molecule has 1 amide bonds. The second-order valence-electron chi connectivity index (χ2n) is 6.70. The number of ether oxygens (including phenoxy) is 2. The highest BCUT2D eigenvalue weighted by atomic mass is 28.4. The number of fused-ring (bicyclic) bond motifs is 1. The minimum Gasteiger partial charge on any atom is -0.410 e. The first-order valence-corrected chi connectivity index (χ1v) is 11.0. The van der Waals surface area contributed by atoms with Crippen LogP contribution >= 0.6 is 0 Å². The lowest BCUT2D eigenvalue weighted by Crippen LogP contribution is -2.69. The van der Waals surface area contributed by atoms with Gasteiger partial charge in [0.25, 0.3) is 0 Å². The van der Waals surface area contributed by atoms with Gasteiger partial charge in [0.2, 0.25) is 5.91 Å². The van der Waals surface area contributed by atoms with Crippen molar-refractivity contribution in [2.45, 2.75) is 64.0 Å². The van der Waals surface area contributed by atoms with Crippen molar-refractivity contribution in [3.05, 3.63) is 0 Å². The van der Waals surface area contributed by atoms with E-state index in [9.17, 15) is 4.79 Å². The van der Waals surface area contributed by atoms with Crippen molar-refractivity contribution < 1.29 is 28.0 Å². The van der Waals surface area contributed by atoms with Gasteiger partial charge in [-0.2, -0.15) is 0 Å². The van der Waals surface area contributed by atoms with E-state index in [1.807, 2.05) is 6.82 Å². The monoisotopic (exact) mass is 331 g/mol. The number of carbonyl (C=O) groups is 1. The normalized spacial score (nSPS) is 35.9. The first kappa shape index (κ1) is 17.9. The average Bonchev–Trinajstić information content (AvgIpc) is 2.39. The maximum absolute atomic E-state index is 11.6. The molecule has 5 atom stereocenters. The van der Waals surface area contributed by atoms with Gasteiger partial charge in [0, 0.05) is 14.0 Å². The number of carbonyl (C=O) groups excluding carboxylic acids is 1. The zero-order chi connectivity index (χ0) is 16.5. The first-order chi connectivity index (χ1) is 10.2. The van der Waals surface area contributed by atoms with Crippen molar-refractivity contribution in [2.24, 2.45) is 0 Å². The Bertz CT molecular complexity index is 406. The third kappa shape index (κ3) is 4.30. The van der Waals surface area contributed by atoms with E-state index in [1.54, 1.807) is 7.11 Å². The molecule has 126 valence electrons.